The van der Waals surface area contributed by atoms with E-state index >= 15 is 0 Å². The molecule has 0 saturated heterocycles. The number of allylic oxidation sites excluding steroid dienone is 2. The van der Waals surface area contributed by atoms with Gasteiger partial charge < -0.3 is 5.32 Å². The van der Waals surface area contributed by atoms with Crippen molar-refractivity contribution < 1.29 is 4.79 Å². The zero-order valence-corrected chi connectivity index (χ0v) is 11.8. The van der Waals surface area contributed by atoms with E-state index < -0.39 is 0 Å². The highest BCUT2D eigenvalue weighted by molar-refractivity contribution is 9.10. The first kappa shape index (κ1) is 11.9. The summed E-state index contributed by atoms with van der Waals surface area (Å²) in [6.45, 7) is 1.92. The van der Waals surface area contributed by atoms with Gasteiger partial charge in [0.25, 0.3) is 0 Å². The van der Waals surface area contributed by atoms with E-state index in [0.29, 0.717) is 17.7 Å². The van der Waals surface area contributed by atoms with E-state index in [4.69, 9.17) is 0 Å². The second-order valence-electron chi connectivity index (χ2n) is 5.14. The van der Waals surface area contributed by atoms with Crippen LogP contribution < -0.4 is 5.32 Å². The fraction of sp³-hybridized carbons (Fsp3) is 0.429. The van der Waals surface area contributed by atoms with Crippen molar-refractivity contribution in [1.82, 2.24) is 4.98 Å². The lowest BCUT2D eigenvalue weighted by Gasteiger charge is -2.17. The lowest BCUT2D eigenvalue weighted by molar-refractivity contribution is -0.120. The van der Waals surface area contributed by atoms with Crippen LogP contribution in [0.1, 0.15) is 18.5 Å². The van der Waals surface area contributed by atoms with Crippen LogP contribution in [0.3, 0.4) is 0 Å². The molecule has 1 aromatic rings. The molecule has 1 amide bonds. The maximum absolute atomic E-state index is 12.2. The molecule has 2 aliphatic rings. The minimum atomic E-state index is 0.112. The van der Waals surface area contributed by atoms with E-state index in [1.165, 1.54) is 0 Å². The Morgan fingerprint density at radius 3 is 2.83 bits per heavy atom. The monoisotopic (exact) mass is 306 g/mol. The van der Waals surface area contributed by atoms with E-state index in [0.717, 1.165) is 23.0 Å². The zero-order valence-electron chi connectivity index (χ0n) is 10.2. The van der Waals surface area contributed by atoms with Crippen molar-refractivity contribution in [3.63, 3.8) is 0 Å². The molecule has 4 heteroatoms. The van der Waals surface area contributed by atoms with Crippen molar-refractivity contribution in [1.29, 1.82) is 0 Å². The average molecular weight is 307 g/mol. The highest BCUT2D eigenvalue weighted by Gasteiger charge is 2.39. The number of rotatable bonds is 2. The van der Waals surface area contributed by atoms with Crippen LogP contribution in [0.2, 0.25) is 0 Å². The van der Waals surface area contributed by atoms with Crippen molar-refractivity contribution in [2.45, 2.75) is 19.8 Å². The average Bonchev–Trinajstić information content (AvgIpc) is 2.96. The van der Waals surface area contributed by atoms with Crippen molar-refractivity contribution in [3.05, 3.63) is 34.5 Å². The molecule has 1 aromatic heterocycles. The Morgan fingerprint density at radius 1 is 1.39 bits per heavy atom. The first-order chi connectivity index (χ1) is 8.63. The quantitative estimate of drug-likeness (QED) is 0.852. The first-order valence-corrected chi connectivity index (χ1v) is 7.05. The fourth-order valence-electron chi connectivity index (χ4n) is 2.91. The van der Waals surface area contributed by atoms with Gasteiger partial charge in [-0.1, -0.05) is 12.2 Å². The number of hydrogen-bond donors (Lipinski definition) is 1. The van der Waals surface area contributed by atoms with Gasteiger partial charge in [-0.15, -0.1) is 0 Å². The lowest BCUT2D eigenvalue weighted by atomic mass is 9.93. The molecule has 3 nitrogen and oxygen atoms in total. The number of aryl methyl sites for hydroxylation is 1. The second-order valence-corrected chi connectivity index (χ2v) is 5.99. The molecular weight excluding hydrogens is 292 g/mol. The number of fused-ring (bicyclic) bond motifs is 2. The third-order valence-corrected chi connectivity index (χ3v) is 4.73. The summed E-state index contributed by atoms with van der Waals surface area (Å²) in [5.41, 5.74) is 0.889. The number of hydrogen-bond acceptors (Lipinski definition) is 2. The standard InChI is InChI=1S/C14H15BrN2O/c1-8-12(15)4-5-13(16-8)17-14(18)11-7-9-2-3-10(11)6-9/h2-5,9-11H,6-7H2,1H3,(H,16,17,18). The predicted molar refractivity (Wildman–Crippen MR) is 74.1 cm³/mol. The highest BCUT2D eigenvalue weighted by Crippen LogP contribution is 2.43. The van der Waals surface area contributed by atoms with E-state index in [2.05, 4.69) is 38.4 Å². The molecule has 3 atom stereocenters. The Labute approximate surface area is 115 Å². The summed E-state index contributed by atoms with van der Waals surface area (Å²) in [4.78, 5) is 16.6. The van der Waals surface area contributed by atoms with Crippen LogP contribution in [0.5, 0.6) is 0 Å². The van der Waals surface area contributed by atoms with Crippen molar-refractivity contribution in [2.24, 2.45) is 17.8 Å². The fourth-order valence-corrected chi connectivity index (χ4v) is 3.14. The minimum absolute atomic E-state index is 0.112. The molecule has 1 fully saturated rings. The highest BCUT2D eigenvalue weighted by atomic mass is 79.9. The summed E-state index contributed by atoms with van der Waals surface area (Å²) < 4.78 is 0.961. The van der Waals surface area contributed by atoms with Crippen molar-refractivity contribution in [2.75, 3.05) is 5.32 Å². The van der Waals surface area contributed by atoms with E-state index in [1.54, 1.807) is 0 Å². The molecule has 0 radical (unpaired) electrons. The van der Waals surface area contributed by atoms with Crippen LogP contribution >= 0.6 is 15.9 Å². The molecule has 3 unspecified atom stereocenters. The first-order valence-electron chi connectivity index (χ1n) is 6.26. The summed E-state index contributed by atoms with van der Waals surface area (Å²) in [5.74, 6) is 1.94. The van der Waals surface area contributed by atoms with Gasteiger partial charge in [0.15, 0.2) is 0 Å². The molecule has 0 aromatic carbocycles. The van der Waals surface area contributed by atoms with Crippen LogP contribution in [-0.2, 0) is 4.79 Å². The Bertz CT molecular complexity index is 527. The molecule has 0 aliphatic heterocycles. The normalized spacial score (nSPS) is 28.7. The van der Waals surface area contributed by atoms with Gasteiger partial charge in [-0.05, 0) is 59.7 Å². The van der Waals surface area contributed by atoms with Gasteiger partial charge in [0, 0.05) is 10.4 Å². The van der Waals surface area contributed by atoms with Gasteiger partial charge in [0.2, 0.25) is 5.91 Å². The Hall–Kier alpha value is -1.16. The summed E-state index contributed by atoms with van der Waals surface area (Å²) >= 11 is 3.40. The van der Waals surface area contributed by atoms with Gasteiger partial charge >= 0.3 is 0 Å². The number of nitrogens with zero attached hydrogens (tertiary/aromatic N) is 1. The van der Waals surface area contributed by atoms with Crippen LogP contribution in [-0.4, -0.2) is 10.9 Å². The topological polar surface area (TPSA) is 42.0 Å². The van der Waals surface area contributed by atoms with Crippen LogP contribution in [0.4, 0.5) is 5.82 Å². The number of carbonyl (C=O) groups excluding carboxylic acids is 1. The van der Waals surface area contributed by atoms with Crippen LogP contribution in [0, 0.1) is 24.7 Å². The molecule has 2 bridgehead atoms. The predicted octanol–water partition coefficient (Wildman–Crippen LogP) is 3.30. The summed E-state index contributed by atoms with van der Waals surface area (Å²) in [6, 6.07) is 3.75. The summed E-state index contributed by atoms with van der Waals surface area (Å²) in [7, 11) is 0. The molecular formula is C14H15BrN2O. The number of halogens is 1. The van der Waals surface area contributed by atoms with Gasteiger partial charge in [-0.2, -0.15) is 0 Å². The van der Waals surface area contributed by atoms with Gasteiger partial charge in [0.05, 0.1) is 5.69 Å². The number of anilines is 1. The SMILES string of the molecule is Cc1nc(NC(=O)C2CC3C=CC2C3)ccc1Br. The number of nitrogens with one attached hydrogen (secondary N) is 1. The lowest BCUT2D eigenvalue weighted by Crippen LogP contribution is -2.26. The van der Waals surface area contributed by atoms with Crippen molar-refractivity contribution in [3.8, 4) is 0 Å². The smallest absolute Gasteiger partial charge is 0.229 e. The number of amides is 1. The molecule has 1 saturated carbocycles. The number of carbonyl (C=O) groups is 1. The van der Waals surface area contributed by atoms with E-state index in [1.807, 2.05) is 19.1 Å². The van der Waals surface area contributed by atoms with Crippen LogP contribution in [0.25, 0.3) is 0 Å². The zero-order chi connectivity index (χ0) is 12.7. The van der Waals surface area contributed by atoms with Gasteiger partial charge in [-0.25, -0.2) is 4.98 Å². The summed E-state index contributed by atoms with van der Waals surface area (Å²) in [6.07, 6.45) is 6.57. The molecule has 1 heterocycles. The van der Waals surface area contributed by atoms with Gasteiger partial charge in [0.1, 0.15) is 5.82 Å². The molecule has 18 heavy (non-hydrogen) atoms. The maximum Gasteiger partial charge on any atom is 0.229 e. The maximum atomic E-state index is 12.2. The van der Waals surface area contributed by atoms with E-state index in [9.17, 15) is 4.79 Å². The second kappa shape index (κ2) is 4.50. The summed E-state index contributed by atoms with van der Waals surface area (Å²) in [5, 5.41) is 2.93. The molecule has 0 spiro atoms. The Morgan fingerprint density at radius 2 is 2.22 bits per heavy atom. The Balaban J connectivity index is 1.71. The van der Waals surface area contributed by atoms with Crippen LogP contribution in [0.15, 0.2) is 28.8 Å². The number of aromatic nitrogens is 1. The molecule has 2 aliphatic carbocycles. The van der Waals surface area contributed by atoms with Gasteiger partial charge in [-0.3, -0.25) is 4.79 Å². The molecule has 3 rings (SSSR count). The third-order valence-electron chi connectivity index (χ3n) is 3.89. The Kier molecular flexibility index (Phi) is 2.98. The van der Waals surface area contributed by atoms with E-state index in [-0.39, 0.29) is 11.8 Å². The largest absolute Gasteiger partial charge is 0.310 e. The van der Waals surface area contributed by atoms with Crippen molar-refractivity contribution >= 4 is 27.7 Å². The minimum Gasteiger partial charge on any atom is -0.310 e. The molecule has 94 valence electrons. The third kappa shape index (κ3) is 2.09. The molecule has 1 N–H and O–H groups in total. The number of pyridine rings is 1.